The molecule has 1 aromatic rings. The average molecular weight is 226 g/mol. The molecule has 0 bridgehead atoms. The highest BCUT2D eigenvalue weighted by Gasteiger charge is 2.43. The molecule has 6 heteroatoms. The molecular weight excluding hydrogens is 218 g/mol. The number of hydrogen-bond donors (Lipinski definition) is 1. The van der Waals surface area contributed by atoms with Gasteiger partial charge in [-0.15, -0.1) is 5.12 Å². The summed E-state index contributed by atoms with van der Waals surface area (Å²) in [6, 6.07) is 8.40. The van der Waals surface area contributed by atoms with Crippen LogP contribution in [0.3, 0.4) is 0 Å². The summed E-state index contributed by atoms with van der Waals surface area (Å²) in [4.78, 5) is 10.8. The summed E-state index contributed by atoms with van der Waals surface area (Å²) in [5.41, 5.74) is 0.543. The summed E-state index contributed by atoms with van der Waals surface area (Å²) < 4.78 is 26.1. The quantitative estimate of drug-likeness (QED) is 0.585. The molecule has 1 aromatic carbocycles. The lowest BCUT2D eigenvalue weighted by Crippen LogP contribution is -2.24. The number of benzene rings is 1. The fourth-order valence-electron chi connectivity index (χ4n) is 1.34. The molecule has 16 heavy (non-hydrogen) atoms. The van der Waals surface area contributed by atoms with Crippen LogP contribution in [0.4, 0.5) is 8.87 Å². The number of nitrogens with zero attached hydrogens (tertiary/aromatic N) is 2. The Morgan fingerprint density at radius 2 is 1.94 bits per heavy atom. The maximum Gasteiger partial charge on any atom is 0.314 e. The number of halogens is 2. The standard InChI is InChI=1S/C10H8F2N2O2/c11-9-10(15)13(12)8(14(9)16)6-7-4-2-1-3-5-7/h1-6,9,16H. The van der Waals surface area contributed by atoms with Gasteiger partial charge in [0.25, 0.3) is 6.30 Å². The van der Waals surface area contributed by atoms with Crippen molar-refractivity contribution in [3.8, 4) is 0 Å². The summed E-state index contributed by atoms with van der Waals surface area (Å²) in [5, 5.41) is 8.68. The Hall–Kier alpha value is -1.95. The Morgan fingerprint density at radius 1 is 1.31 bits per heavy atom. The molecule has 0 aromatic heterocycles. The van der Waals surface area contributed by atoms with Crippen molar-refractivity contribution in [2.24, 2.45) is 0 Å². The molecule has 4 nitrogen and oxygen atoms in total. The van der Waals surface area contributed by atoms with Gasteiger partial charge in [0.15, 0.2) is 5.82 Å². The third kappa shape index (κ3) is 1.63. The van der Waals surface area contributed by atoms with Crippen LogP contribution < -0.4 is 0 Å². The lowest BCUT2D eigenvalue weighted by molar-refractivity contribution is -0.150. The van der Waals surface area contributed by atoms with Crippen LogP contribution in [-0.4, -0.2) is 27.6 Å². The largest absolute Gasteiger partial charge is 0.314 e. The Kier molecular flexibility index (Phi) is 2.57. The highest BCUT2D eigenvalue weighted by Crippen LogP contribution is 2.26. The molecule has 0 aliphatic carbocycles. The van der Waals surface area contributed by atoms with E-state index in [0.29, 0.717) is 5.56 Å². The lowest BCUT2D eigenvalue weighted by atomic mass is 10.2. The van der Waals surface area contributed by atoms with E-state index in [-0.39, 0.29) is 5.06 Å². The first-order chi connectivity index (χ1) is 7.61. The first kappa shape index (κ1) is 10.6. The van der Waals surface area contributed by atoms with Crippen molar-refractivity contribution in [2.75, 3.05) is 0 Å². The van der Waals surface area contributed by atoms with Gasteiger partial charge in [-0.1, -0.05) is 34.8 Å². The Labute approximate surface area is 89.9 Å². The first-order valence-electron chi connectivity index (χ1n) is 4.50. The number of carbonyl (C=O) groups is 1. The van der Waals surface area contributed by atoms with Gasteiger partial charge in [-0.05, 0) is 11.6 Å². The minimum absolute atomic E-state index is 0.0463. The smallest absolute Gasteiger partial charge is 0.284 e. The van der Waals surface area contributed by atoms with Gasteiger partial charge in [0.2, 0.25) is 0 Å². The molecule has 0 radical (unpaired) electrons. The SMILES string of the molecule is O=C1C(F)N(O)C(=Cc2ccccc2)N1F. The second-order valence-electron chi connectivity index (χ2n) is 3.21. The van der Waals surface area contributed by atoms with Gasteiger partial charge in [0.05, 0.1) is 0 Å². The number of hydrogen-bond acceptors (Lipinski definition) is 3. The van der Waals surface area contributed by atoms with Crippen molar-refractivity contribution in [1.82, 2.24) is 10.2 Å². The minimum atomic E-state index is -2.39. The van der Waals surface area contributed by atoms with Crippen molar-refractivity contribution in [2.45, 2.75) is 6.30 Å². The van der Waals surface area contributed by atoms with Crippen molar-refractivity contribution in [1.29, 1.82) is 0 Å². The van der Waals surface area contributed by atoms with Crippen LogP contribution in [0, 0.1) is 0 Å². The van der Waals surface area contributed by atoms with Crippen LogP contribution in [0.25, 0.3) is 6.08 Å². The van der Waals surface area contributed by atoms with Crippen molar-refractivity contribution in [3.05, 3.63) is 41.7 Å². The maximum absolute atomic E-state index is 13.1. The topological polar surface area (TPSA) is 43.8 Å². The molecule has 1 unspecified atom stereocenters. The molecule has 1 aliphatic rings. The zero-order chi connectivity index (χ0) is 11.7. The second kappa shape index (κ2) is 3.90. The summed E-state index contributed by atoms with van der Waals surface area (Å²) in [6.07, 6.45) is -1.22. The van der Waals surface area contributed by atoms with E-state index in [9.17, 15) is 13.7 Å². The molecular formula is C10H8F2N2O2. The maximum atomic E-state index is 13.1. The molecule has 1 aliphatic heterocycles. The molecule has 0 saturated carbocycles. The van der Waals surface area contributed by atoms with Gasteiger partial charge in [-0.25, -0.2) is 4.39 Å². The van der Waals surface area contributed by atoms with Gasteiger partial charge in [-0.3, -0.25) is 10.0 Å². The molecule has 2 rings (SSSR count). The highest BCUT2D eigenvalue weighted by molar-refractivity contribution is 5.84. The highest BCUT2D eigenvalue weighted by atomic mass is 19.2. The van der Waals surface area contributed by atoms with E-state index >= 15 is 0 Å². The summed E-state index contributed by atoms with van der Waals surface area (Å²) in [6.45, 7) is 0. The van der Waals surface area contributed by atoms with Gasteiger partial charge in [0, 0.05) is 0 Å². The number of alkyl halides is 1. The molecule has 1 atom stereocenters. The van der Waals surface area contributed by atoms with Crippen LogP contribution in [0.2, 0.25) is 0 Å². The Bertz CT molecular complexity index is 436. The van der Waals surface area contributed by atoms with Crippen molar-refractivity contribution < 1.29 is 18.9 Å². The summed E-state index contributed by atoms with van der Waals surface area (Å²) in [5.74, 6) is -1.98. The predicted octanol–water partition coefficient (Wildman–Crippen LogP) is 1.70. The zero-order valence-corrected chi connectivity index (χ0v) is 8.05. The third-order valence-electron chi connectivity index (χ3n) is 2.14. The van der Waals surface area contributed by atoms with Crippen LogP contribution in [0.1, 0.15) is 5.56 Å². The minimum Gasteiger partial charge on any atom is -0.284 e. The van der Waals surface area contributed by atoms with Crippen molar-refractivity contribution >= 4 is 12.0 Å². The van der Waals surface area contributed by atoms with E-state index in [1.165, 1.54) is 0 Å². The van der Waals surface area contributed by atoms with E-state index in [0.717, 1.165) is 6.08 Å². The van der Waals surface area contributed by atoms with Gasteiger partial charge >= 0.3 is 5.91 Å². The molecule has 1 fully saturated rings. The number of rotatable bonds is 1. The zero-order valence-electron chi connectivity index (χ0n) is 8.05. The number of carbonyl (C=O) groups excluding carboxylic acids is 1. The molecule has 0 spiro atoms. The van der Waals surface area contributed by atoms with E-state index < -0.39 is 23.1 Å². The van der Waals surface area contributed by atoms with Crippen LogP contribution in [-0.2, 0) is 4.79 Å². The van der Waals surface area contributed by atoms with E-state index in [1.807, 2.05) is 0 Å². The van der Waals surface area contributed by atoms with Gasteiger partial charge < -0.3 is 0 Å². The third-order valence-corrected chi connectivity index (χ3v) is 2.14. The Morgan fingerprint density at radius 3 is 2.44 bits per heavy atom. The van der Waals surface area contributed by atoms with Crippen LogP contribution >= 0.6 is 0 Å². The molecule has 84 valence electrons. The van der Waals surface area contributed by atoms with Crippen LogP contribution in [0.5, 0.6) is 0 Å². The van der Waals surface area contributed by atoms with E-state index in [4.69, 9.17) is 5.21 Å². The van der Waals surface area contributed by atoms with E-state index in [2.05, 4.69) is 0 Å². The summed E-state index contributed by atoms with van der Waals surface area (Å²) in [7, 11) is 0. The van der Waals surface area contributed by atoms with E-state index in [1.54, 1.807) is 30.3 Å². The monoisotopic (exact) mass is 226 g/mol. The molecule has 1 N–H and O–H groups in total. The lowest BCUT2D eigenvalue weighted by Gasteiger charge is -2.10. The van der Waals surface area contributed by atoms with Crippen molar-refractivity contribution in [3.63, 3.8) is 0 Å². The Balaban J connectivity index is 2.35. The van der Waals surface area contributed by atoms with Crippen LogP contribution in [0.15, 0.2) is 36.2 Å². The normalized spacial score (nSPS) is 23.3. The summed E-state index contributed by atoms with van der Waals surface area (Å²) >= 11 is 0. The number of hydroxylamine groups is 2. The fraction of sp³-hybridized carbons (Fsp3) is 0.100. The molecule has 1 saturated heterocycles. The van der Waals surface area contributed by atoms with Gasteiger partial charge in [0.1, 0.15) is 0 Å². The first-order valence-corrected chi connectivity index (χ1v) is 4.50. The average Bonchev–Trinajstić information content (AvgIpc) is 2.48. The predicted molar refractivity (Wildman–Crippen MR) is 50.9 cm³/mol. The fourth-order valence-corrected chi connectivity index (χ4v) is 1.34. The second-order valence-corrected chi connectivity index (χ2v) is 3.21. The van der Waals surface area contributed by atoms with Gasteiger partial charge in [-0.2, -0.15) is 5.06 Å². The molecule has 1 amide bonds. The number of amides is 1. The molecule has 1 heterocycles.